The normalized spacial score (nSPS) is 11.5. The summed E-state index contributed by atoms with van der Waals surface area (Å²) in [7, 11) is 0. The van der Waals surface area contributed by atoms with Crippen molar-refractivity contribution >= 4 is 22.4 Å². The Balaban J connectivity index is 1.99. The summed E-state index contributed by atoms with van der Waals surface area (Å²) in [5.41, 5.74) is 0.646. The minimum atomic E-state index is -4.36. The molecule has 0 atom stereocenters. The summed E-state index contributed by atoms with van der Waals surface area (Å²) in [5, 5.41) is 3.14. The summed E-state index contributed by atoms with van der Waals surface area (Å²) in [6, 6.07) is 4.56. The predicted octanol–water partition coefficient (Wildman–Crippen LogP) is 3.96. The summed E-state index contributed by atoms with van der Waals surface area (Å²) in [6.45, 7) is 3.75. The number of benzene rings is 1. The van der Waals surface area contributed by atoms with Crippen molar-refractivity contribution in [3.63, 3.8) is 0 Å². The topological polar surface area (TPSA) is 42.0 Å². The maximum absolute atomic E-state index is 12.4. The first-order chi connectivity index (χ1) is 9.75. The fourth-order valence-corrected chi connectivity index (χ4v) is 2.52. The predicted molar refractivity (Wildman–Crippen MR) is 75.4 cm³/mol. The van der Waals surface area contributed by atoms with E-state index in [0.717, 1.165) is 22.7 Å². The molecule has 1 aromatic heterocycles. The third-order valence-electron chi connectivity index (χ3n) is 2.92. The first-order valence-electron chi connectivity index (χ1n) is 6.16. The van der Waals surface area contributed by atoms with Crippen LogP contribution in [0.3, 0.4) is 0 Å². The molecule has 2 rings (SSSR count). The molecule has 1 N–H and O–H groups in total. The first kappa shape index (κ1) is 15.5. The van der Waals surface area contributed by atoms with Gasteiger partial charge < -0.3 is 5.32 Å². The lowest BCUT2D eigenvalue weighted by atomic mass is 10.1. The number of halogens is 3. The number of hydrogen-bond acceptors (Lipinski definition) is 3. The Morgan fingerprint density at radius 3 is 2.33 bits per heavy atom. The van der Waals surface area contributed by atoms with Gasteiger partial charge in [-0.3, -0.25) is 4.79 Å². The molecule has 0 spiro atoms. The van der Waals surface area contributed by atoms with Crippen molar-refractivity contribution in [1.82, 2.24) is 4.98 Å². The minimum Gasteiger partial charge on any atom is -0.302 e. The number of nitrogens with one attached hydrogen (secondary N) is 1. The van der Waals surface area contributed by atoms with Crippen LogP contribution in [0.5, 0.6) is 0 Å². The van der Waals surface area contributed by atoms with Gasteiger partial charge in [0, 0.05) is 4.88 Å². The molecule has 0 saturated heterocycles. The summed E-state index contributed by atoms with van der Waals surface area (Å²) >= 11 is 1.37. The van der Waals surface area contributed by atoms with Crippen molar-refractivity contribution in [1.29, 1.82) is 0 Å². The van der Waals surface area contributed by atoms with E-state index in [1.165, 1.54) is 23.5 Å². The lowest BCUT2D eigenvalue weighted by Gasteiger charge is -2.07. The highest BCUT2D eigenvalue weighted by molar-refractivity contribution is 7.15. The maximum atomic E-state index is 12.4. The Hall–Kier alpha value is -1.89. The van der Waals surface area contributed by atoms with E-state index in [1.807, 2.05) is 13.8 Å². The maximum Gasteiger partial charge on any atom is 0.416 e. The number of alkyl halides is 3. The average molecular weight is 314 g/mol. The van der Waals surface area contributed by atoms with E-state index in [4.69, 9.17) is 0 Å². The molecule has 0 bridgehead atoms. The van der Waals surface area contributed by atoms with Crippen molar-refractivity contribution in [3.8, 4) is 0 Å². The SMILES string of the molecule is Cc1nc(NC(=O)Cc2ccc(C(F)(F)F)cc2)sc1C. The fourth-order valence-electron chi connectivity index (χ4n) is 1.69. The second kappa shape index (κ2) is 5.85. The Kier molecular flexibility index (Phi) is 4.32. The number of thiazole rings is 1. The van der Waals surface area contributed by atoms with Gasteiger partial charge in [-0.25, -0.2) is 4.98 Å². The van der Waals surface area contributed by atoms with E-state index in [1.54, 1.807) is 0 Å². The van der Waals surface area contributed by atoms with Gasteiger partial charge in [0.15, 0.2) is 5.13 Å². The van der Waals surface area contributed by atoms with Gasteiger partial charge in [0.25, 0.3) is 0 Å². The molecule has 0 saturated carbocycles. The Bertz CT molecular complexity index is 628. The van der Waals surface area contributed by atoms with Gasteiger partial charge in [-0.2, -0.15) is 13.2 Å². The Morgan fingerprint density at radius 1 is 1.24 bits per heavy atom. The molecule has 112 valence electrons. The van der Waals surface area contributed by atoms with Crippen molar-refractivity contribution < 1.29 is 18.0 Å². The Labute approximate surface area is 123 Å². The van der Waals surface area contributed by atoms with Crippen LogP contribution in [0, 0.1) is 13.8 Å². The lowest BCUT2D eigenvalue weighted by molar-refractivity contribution is -0.137. The summed E-state index contributed by atoms with van der Waals surface area (Å²) in [6.07, 6.45) is -4.35. The zero-order valence-electron chi connectivity index (χ0n) is 11.4. The molecule has 7 heteroatoms. The average Bonchev–Trinajstić information content (AvgIpc) is 2.67. The van der Waals surface area contributed by atoms with E-state index >= 15 is 0 Å². The van der Waals surface area contributed by atoms with E-state index in [0.29, 0.717) is 10.7 Å². The van der Waals surface area contributed by atoms with Gasteiger partial charge >= 0.3 is 6.18 Å². The second-order valence-electron chi connectivity index (χ2n) is 4.58. The zero-order chi connectivity index (χ0) is 15.6. The number of nitrogens with zero attached hydrogens (tertiary/aromatic N) is 1. The number of amides is 1. The molecule has 0 aliphatic heterocycles. The monoisotopic (exact) mass is 314 g/mol. The zero-order valence-corrected chi connectivity index (χ0v) is 12.2. The molecule has 0 unspecified atom stereocenters. The molecule has 1 aromatic carbocycles. The van der Waals surface area contributed by atoms with Crippen LogP contribution in [0.25, 0.3) is 0 Å². The van der Waals surface area contributed by atoms with Gasteiger partial charge in [0.2, 0.25) is 5.91 Å². The van der Waals surface area contributed by atoms with Crippen LogP contribution in [-0.4, -0.2) is 10.9 Å². The van der Waals surface area contributed by atoms with Gasteiger partial charge in [-0.1, -0.05) is 12.1 Å². The fraction of sp³-hybridized carbons (Fsp3) is 0.286. The van der Waals surface area contributed by atoms with Crippen molar-refractivity contribution in [2.45, 2.75) is 26.4 Å². The Morgan fingerprint density at radius 2 is 1.86 bits per heavy atom. The van der Waals surface area contributed by atoms with E-state index in [-0.39, 0.29) is 12.3 Å². The molecule has 0 aliphatic carbocycles. The van der Waals surface area contributed by atoms with Gasteiger partial charge in [0.05, 0.1) is 17.7 Å². The molecule has 0 fully saturated rings. The molecule has 2 aromatic rings. The van der Waals surface area contributed by atoms with Crippen molar-refractivity contribution in [2.75, 3.05) is 5.32 Å². The largest absolute Gasteiger partial charge is 0.416 e. The summed E-state index contributed by atoms with van der Waals surface area (Å²) in [5.74, 6) is -0.302. The van der Waals surface area contributed by atoms with Crippen LogP contribution in [0.4, 0.5) is 18.3 Å². The summed E-state index contributed by atoms with van der Waals surface area (Å²) in [4.78, 5) is 17.0. The molecule has 1 heterocycles. The number of carbonyl (C=O) groups excluding carboxylic acids is 1. The minimum absolute atomic E-state index is 0.00973. The van der Waals surface area contributed by atoms with Gasteiger partial charge in [-0.05, 0) is 31.5 Å². The van der Waals surface area contributed by atoms with Gasteiger partial charge in [0.1, 0.15) is 0 Å². The molecule has 21 heavy (non-hydrogen) atoms. The highest BCUT2D eigenvalue weighted by Crippen LogP contribution is 2.29. The molecule has 1 amide bonds. The third-order valence-corrected chi connectivity index (χ3v) is 3.91. The number of rotatable bonds is 3. The van der Waals surface area contributed by atoms with Crippen LogP contribution in [-0.2, 0) is 17.4 Å². The standard InChI is InChI=1S/C14H13F3N2OS/c1-8-9(2)21-13(18-8)19-12(20)7-10-3-5-11(6-4-10)14(15,16)17/h3-6H,7H2,1-2H3,(H,18,19,20). The van der Waals surface area contributed by atoms with Gasteiger partial charge in [-0.15, -0.1) is 11.3 Å². The van der Waals surface area contributed by atoms with Crippen LogP contribution in [0.15, 0.2) is 24.3 Å². The van der Waals surface area contributed by atoms with E-state index in [9.17, 15) is 18.0 Å². The van der Waals surface area contributed by atoms with E-state index in [2.05, 4.69) is 10.3 Å². The van der Waals surface area contributed by atoms with Crippen LogP contribution in [0.2, 0.25) is 0 Å². The molecular weight excluding hydrogens is 301 g/mol. The molecular formula is C14H13F3N2OS. The van der Waals surface area contributed by atoms with E-state index < -0.39 is 11.7 Å². The highest BCUT2D eigenvalue weighted by Gasteiger charge is 2.29. The smallest absolute Gasteiger partial charge is 0.302 e. The number of aromatic nitrogens is 1. The number of carbonyl (C=O) groups is 1. The number of anilines is 1. The molecule has 3 nitrogen and oxygen atoms in total. The first-order valence-corrected chi connectivity index (χ1v) is 6.97. The van der Waals surface area contributed by atoms with Crippen LogP contribution < -0.4 is 5.32 Å². The molecule has 0 aliphatic rings. The second-order valence-corrected chi connectivity index (χ2v) is 5.78. The third kappa shape index (κ3) is 4.04. The molecule has 0 radical (unpaired) electrons. The quantitative estimate of drug-likeness (QED) is 0.932. The van der Waals surface area contributed by atoms with Crippen molar-refractivity contribution in [2.24, 2.45) is 0 Å². The number of aryl methyl sites for hydroxylation is 2. The highest BCUT2D eigenvalue weighted by atomic mass is 32.1. The van der Waals surface area contributed by atoms with Crippen LogP contribution in [0.1, 0.15) is 21.7 Å². The summed E-state index contributed by atoms with van der Waals surface area (Å²) < 4.78 is 37.3. The number of hydrogen-bond donors (Lipinski definition) is 1. The van der Waals surface area contributed by atoms with Crippen molar-refractivity contribution in [3.05, 3.63) is 46.0 Å². The lowest BCUT2D eigenvalue weighted by Crippen LogP contribution is -2.14. The van der Waals surface area contributed by atoms with Crippen LogP contribution >= 0.6 is 11.3 Å².